The fourth-order valence-electron chi connectivity index (χ4n) is 4.20. The Morgan fingerprint density at radius 3 is 2.35 bits per heavy atom. The van der Waals surface area contributed by atoms with Crippen LogP contribution in [0.1, 0.15) is 63.0 Å². The molecule has 0 unspecified atom stereocenters. The van der Waals surface area contributed by atoms with Crippen molar-refractivity contribution in [3.05, 3.63) is 65.4 Å². The van der Waals surface area contributed by atoms with Gasteiger partial charge in [0, 0.05) is 35.7 Å². The van der Waals surface area contributed by atoms with E-state index in [-0.39, 0.29) is 18.7 Å². The van der Waals surface area contributed by atoms with Crippen molar-refractivity contribution in [3.63, 3.8) is 0 Å². The zero-order valence-corrected chi connectivity index (χ0v) is 24.2. The third-order valence-corrected chi connectivity index (χ3v) is 6.59. The number of hydrogen-bond donors (Lipinski definition) is 2. The standard InChI is InChI=1S/C30H38N4O6/c1-8-30(4,5)32-29(37)27(22-13-10-14-23(38-6)28(22)39-7)34(21-12-9-11-19(2)17-21)26(36)16-15-25(35)31-24-18-20(3)40-33-24/h9-14,17-18,27H,8,15-16H2,1-7H3,(H,32,37)(H,31,33,35)/t27-/m0/s1. The van der Waals surface area contributed by atoms with Crippen LogP contribution < -0.4 is 25.0 Å². The molecule has 214 valence electrons. The maximum absolute atomic E-state index is 14.1. The summed E-state index contributed by atoms with van der Waals surface area (Å²) in [5.41, 5.74) is 1.32. The molecule has 0 saturated carbocycles. The Labute approximate surface area is 235 Å². The lowest BCUT2D eigenvalue weighted by molar-refractivity contribution is -0.128. The molecule has 40 heavy (non-hydrogen) atoms. The van der Waals surface area contributed by atoms with E-state index in [1.54, 1.807) is 37.3 Å². The minimum Gasteiger partial charge on any atom is -0.493 e. The molecule has 0 radical (unpaired) electrons. The van der Waals surface area contributed by atoms with Gasteiger partial charge in [-0.1, -0.05) is 36.3 Å². The highest BCUT2D eigenvalue weighted by atomic mass is 16.5. The number of rotatable bonds is 12. The Hall–Kier alpha value is -4.34. The summed E-state index contributed by atoms with van der Waals surface area (Å²) in [5, 5.41) is 9.48. The van der Waals surface area contributed by atoms with Crippen LogP contribution >= 0.6 is 0 Å². The molecule has 0 aliphatic heterocycles. The predicted molar refractivity (Wildman–Crippen MR) is 153 cm³/mol. The van der Waals surface area contributed by atoms with E-state index < -0.39 is 29.3 Å². The van der Waals surface area contributed by atoms with Gasteiger partial charge < -0.3 is 24.6 Å². The summed E-state index contributed by atoms with van der Waals surface area (Å²) >= 11 is 0. The van der Waals surface area contributed by atoms with E-state index in [2.05, 4.69) is 15.8 Å². The lowest BCUT2D eigenvalue weighted by Crippen LogP contribution is -2.50. The number of benzene rings is 2. The maximum atomic E-state index is 14.1. The minimum absolute atomic E-state index is 0.128. The quantitative estimate of drug-likeness (QED) is 0.321. The van der Waals surface area contributed by atoms with Gasteiger partial charge in [0.25, 0.3) is 0 Å². The topological polar surface area (TPSA) is 123 Å². The first-order chi connectivity index (χ1) is 19.0. The first kappa shape index (κ1) is 30.2. The zero-order chi connectivity index (χ0) is 29.4. The first-order valence-electron chi connectivity index (χ1n) is 13.1. The number of ether oxygens (including phenoxy) is 2. The van der Waals surface area contributed by atoms with Gasteiger partial charge in [-0.25, -0.2) is 0 Å². The van der Waals surface area contributed by atoms with Crippen molar-refractivity contribution in [1.29, 1.82) is 0 Å². The van der Waals surface area contributed by atoms with Crippen molar-refractivity contribution < 1.29 is 28.4 Å². The molecule has 3 amide bonds. The normalized spacial score (nSPS) is 11.9. The molecule has 0 fully saturated rings. The molecule has 3 rings (SSSR count). The third kappa shape index (κ3) is 7.40. The predicted octanol–water partition coefficient (Wildman–Crippen LogP) is 5.11. The Balaban J connectivity index is 2.07. The van der Waals surface area contributed by atoms with Crippen LogP contribution in [0.25, 0.3) is 0 Å². The van der Waals surface area contributed by atoms with Gasteiger partial charge in [-0.15, -0.1) is 0 Å². The molecular weight excluding hydrogens is 512 g/mol. The summed E-state index contributed by atoms with van der Waals surface area (Å²) in [6.45, 7) is 9.42. The van der Waals surface area contributed by atoms with Gasteiger partial charge in [0.1, 0.15) is 11.8 Å². The van der Waals surface area contributed by atoms with Crippen LogP contribution in [-0.4, -0.2) is 42.6 Å². The van der Waals surface area contributed by atoms with Crippen LogP contribution in [-0.2, 0) is 14.4 Å². The summed E-state index contributed by atoms with van der Waals surface area (Å²) in [5.74, 6) is 0.361. The number of aryl methyl sites for hydroxylation is 2. The van der Waals surface area contributed by atoms with E-state index in [0.717, 1.165) is 5.56 Å². The Morgan fingerprint density at radius 1 is 1.02 bits per heavy atom. The van der Waals surface area contributed by atoms with Gasteiger partial charge in [-0.05, 0) is 57.9 Å². The zero-order valence-electron chi connectivity index (χ0n) is 24.2. The number of methoxy groups -OCH3 is 2. The van der Waals surface area contributed by atoms with Gasteiger partial charge in [0.15, 0.2) is 17.3 Å². The van der Waals surface area contributed by atoms with Gasteiger partial charge >= 0.3 is 0 Å². The number of aromatic nitrogens is 1. The smallest absolute Gasteiger partial charge is 0.248 e. The second-order valence-corrected chi connectivity index (χ2v) is 10.2. The molecule has 10 heteroatoms. The molecule has 1 heterocycles. The number of carbonyl (C=O) groups excluding carboxylic acids is 3. The highest BCUT2D eigenvalue weighted by molar-refractivity contribution is 6.03. The number of hydrogen-bond acceptors (Lipinski definition) is 7. The number of amides is 3. The maximum Gasteiger partial charge on any atom is 0.248 e. The second-order valence-electron chi connectivity index (χ2n) is 10.2. The van der Waals surface area contributed by atoms with Crippen LogP contribution in [0.2, 0.25) is 0 Å². The molecule has 0 spiro atoms. The van der Waals surface area contributed by atoms with Crippen LogP contribution in [0.4, 0.5) is 11.5 Å². The number of carbonyl (C=O) groups is 3. The van der Waals surface area contributed by atoms with E-state index in [4.69, 9.17) is 14.0 Å². The molecule has 0 aliphatic rings. The van der Waals surface area contributed by atoms with E-state index in [1.807, 2.05) is 45.9 Å². The van der Waals surface area contributed by atoms with Gasteiger partial charge in [0.2, 0.25) is 17.7 Å². The number of para-hydroxylation sites is 1. The molecule has 0 saturated heterocycles. The van der Waals surface area contributed by atoms with Crippen LogP contribution in [0.3, 0.4) is 0 Å². The van der Waals surface area contributed by atoms with Crippen LogP contribution in [0, 0.1) is 13.8 Å². The molecule has 3 aromatic rings. The average molecular weight is 551 g/mol. The summed E-state index contributed by atoms with van der Waals surface area (Å²) in [6.07, 6.45) is 0.377. The largest absolute Gasteiger partial charge is 0.493 e. The Bertz CT molecular complexity index is 1350. The number of anilines is 2. The van der Waals surface area contributed by atoms with Crippen molar-refractivity contribution in [2.45, 2.75) is 65.5 Å². The Morgan fingerprint density at radius 2 is 1.75 bits per heavy atom. The van der Waals surface area contributed by atoms with Crippen LogP contribution in [0.15, 0.2) is 53.1 Å². The van der Waals surface area contributed by atoms with Crippen molar-refractivity contribution in [2.75, 3.05) is 24.4 Å². The summed E-state index contributed by atoms with van der Waals surface area (Å²) < 4.78 is 16.2. The van der Waals surface area contributed by atoms with Gasteiger partial charge in [-0.2, -0.15) is 0 Å². The fraction of sp³-hybridized carbons (Fsp3) is 0.400. The molecule has 10 nitrogen and oxygen atoms in total. The van der Waals surface area contributed by atoms with E-state index in [0.29, 0.717) is 34.9 Å². The van der Waals surface area contributed by atoms with Gasteiger partial charge in [0.05, 0.1) is 14.2 Å². The van der Waals surface area contributed by atoms with E-state index in [9.17, 15) is 14.4 Å². The molecule has 0 bridgehead atoms. The Kier molecular flexibility index (Phi) is 9.93. The highest BCUT2D eigenvalue weighted by Crippen LogP contribution is 2.39. The summed E-state index contributed by atoms with van der Waals surface area (Å²) in [7, 11) is 3.00. The fourth-order valence-corrected chi connectivity index (χ4v) is 4.20. The van der Waals surface area contributed by atoms with Crippen molar-refractivity contribution in [1.82, 2.24) is 10.5 Å². The number of nitrogens with one attached hydrogen (secondary N) is 2. The second kappa shape index (κ2) is 13.1. The summed E-state index contributed by atoms with van der Waals surface area (Å²) in [4.78, 5) is 42.1. The SMILES string of the molecule is CCC(C)(C)NC(=O)[C@H](c1cccc(OC)c1OC)N(C(=O)CCC(=O)Nc1cc(C)on1)c1cccc(C)c1. The molecule has 2 N–H and O–H groups in total. The van der Waals surface area contributed by atoms with Crippen molar-refractivity contribution >= 4 is 29.2 Å². The monoisotopic (exact) mass is 550 g/mol. The molecular formula is C30H38N4O6. The van der Waals surface area contributed by atoms with Crippen molar-refractivity contribution in [2.24, 2.45) is 0 Å². The lowest BCUT2D eigenvalue weighted by Gasteiger charge is -2.35. The first-order valence-corrected chi connectivity index (χ1v) is 13.1. The minimum atomic E-state index is -1.12. The summed E-state index contributed by atoms with van der Waals surface area (Å²) in [6, 6.07) is 13.0. The van der Waals surface area contributed by atoms with Crippen molar-refractivity contribution in [3.8, 4) is 11.5 Å². The van der Waals surface area contributed by atoms with E-state index in [1.165, 1.54) is 19.1 Å². The molecule has 2 aromatic carbocycles. The molecule has 0 aliphatic carbocycles. The van der Waals surface area contributed by atoms with E-state index >= 15 is 0 Å². The van der Waals surface area contributed by atoms with Crippen LogP contribution in [0.5, 0.6) is 11.5 Å². The molecule has 1 atom stereocenters. The number of nitrogens with zero attached hydrogens (tertiary/aromatic N) is 2. The lowest BCUT2D eigenvalue weighted by atomic mass is 9.97. The third-order valence-electron chi connectivity index (χ3n) is 6.59. The average Bonchev–Trinajstić information content (AvgIpc) is 3.33. The highest BCUT2D eigenvalue weighted by Gasteiger charge is 2.37. The molecule has 1 aromatic heterocycles. The van der Waals surface area contributed by atoms with Gasteiger partial charge in [-0.3, -0.25) is 19.3 Å².